The Hall–Kier alpha value is -3.30. The molecule has 0 unspecified atom stereocenters. The molecule has 0 aliphatic carbocycles. The van der Waals surface area contributed by atoms with Crippen molar-refractivity contribution in [2.24, 2.45) is 0 Å². The second kappa shape index (κ2) is 8.33. The first-order valence-corrected chi connectivity index (χ1v) is 9.91. The normalized spacial score (nSPS) is 12.8. The molecule has 1 aromatic carbocycles. The summed E-state index contributed by atoms with van der Waals surface area (Å²) < 4.78 is 45.1. The van der Waals surface area contributed by atoms with Crippen LogP contribution in [0.25, 0.3) is 5.78 Å². The van der Waals surface area contributed by atoms with Crippen LogP contribution in [0.15, 0.2) is 12.1 Å². The van der Waals surface area contributed by atoms with Crippen LogP contribution in [0, 0.1) is 34.6 Å². The molecule has 7 nitrogen and oxygen atoms in total. The first-order valence-electron chi connectivity index (χ1n) is 9.91. The van der Waals surface area contributed by atoms with Crippen LogP contribution in [0.5, 0.6) is 0 Å². The van der Waals surface area contributed by atoms with Crippen molar-refractivity contribution < 1.29 is 27.5 Å². The van der Waals surface area contributed by atoms with Crippen LogP contribution in [0.3, 0.4) is 0 Å². The number of halogens is 3. The third kappa shape index (κ3) is 4.49. The van der Waals surface area contributed by atoms with Gasteiger partial charge in [-0.25, -0.2) is 9.50 Å². The Morgan fingerprint density at radius 2 is 1.66 bits per heavy atom. The van der Waals surface area contributed by atoms with Gasteiger partial charge in [0.15, 0.2) is 6.10 Å². The van der Waals surface area contributed by atoms with Crippen LogP contribution in [-0.2, 0) is 22.1 Å². The zero-order valence-electron chi connectivity index (χ0n) is 18.6. The summed E-state index contributed by atoms with van der Waals surface area (Å²) in [4.78, 5) is 32.8. The lowest BCUT2D eigenvalue weighted by Crippen LogP contribution is -2.26. The van der Waals surface area contributed by atoms with Gasteiger partial charge >= 0.3 is 12.1 Å². The lowest BCUT2D eigenvalue weighted by molar-refractivity contribution is -0.146. The molecule has 3 aromatic rings. The molecule has 0 saturated heterocycles. The minimum atomic E-state index is -4.71. The number of ketones is 1. The number of benzene rings is 1. The average Bonchev–Trinajstić information content (AvgIpc) is 3.12. The van der Waals surface area contributed by atoms with Gasteiger partial charge in [0.2, 0.25) is 5.78 Å². The van der Waals surface area contributed by atoms with Crippen LogP contribution < -0.4 is 0 Å². The second-order valence-corrected chi connectivity index (χ2v) is 7.83. The highest BCUT2D eigenvalue weighted by Gasteiger charge is 2.37. The highest BCUT2D eigenvalue weighted by Crippen LogP contribution is 2.27. The number of alkyl halides is 3. The van der Waals surface area contributed by atoms with Crippen molar-refractivity contribution in [1.82, 2.24) is 19.6 Å². The second-order valence-electron chi connectivity index (χ2n) is 7.83. The highest BCUT2D eigenvalue weighted by molar-refractivity contribution is 6.01. The molecule has 0 saturated carbocycles. The van der Waals surface area contributed by atoms with Gasteiger partial charge in [-0.15, -0.1) is 5.10 Å². The standard InChI is InChI=1S/C22H23F3N4O3/c1-10-7-12(3)16(8-11(10)2)19(31)15(6)32-18(30)9-17-13(4)26-21-27-20(22(23,24)25)28-29(21)14(17)5/h7-8,15H,9H2,1-6H3/t15-/m0/s1. The van der Waals surface area contributed by atoms with Crippen molar-refractivity contribution in [3.63, 3.8) is 0 Å². The number of Topliss-reactive ketones (excluding diaryl/α,β-unsaturated/α-hetero) is 1. The largest absolute Gasteiger partial charge is 0.454 e. The Labute approximate surface area is 182 Å². The number of carbonyl (C=O) groups excluding carboxylic acids is 2. The molecule has 0 fully saturated rings. The quantitative estimate of drug-likeness (QED) is 0.433. The monoisotopic (exact) mass is 448 g/mol. The molecule has 1 atom stereocenters. The van der Waals surface area contributed by atoms with E-state index in [1.54, 1.807) is 13.0 Å². The van der Waals surface area contributed by atoms with Crippen molar-refractivity contribution >= 4 is 17.5 Å². The maximum Gasteiger partial charge on any atom is 0.453 e. The maximum absolute atomic E-state index is 12.9. The molecule has 0 aliphatic rings. The zero-order chi connectivity index (χ0) is 24.0. The number of fused-ring (bicyclic) bond motifs is 1. The number of nitrogens with zero attached hydrogens (tertiary/aromatic N) is 4. The van der Waals surface area contributed by atoms with E-state index in [1.807, 2.05) is 26.8 Å². The minimum Gasteiger partial charge on any atom is -0.454 e. The van der Waals surface area contributed by atoms with E-state index in [9.17, 15) is 22.8 Å². The van der Waals surface area contributed by atoms with Crippen molar-refractivity contribution in [2.75, 3.05) is 0 Å². The lowest BCUT2D eigenvalue weighted by Gasteiger charge is -2.16. The Bertz CT molecular complexity index is 1230. The number of aryl methyl sites for hydroxylation is 5. The van der Waals surface area contributed by atoms with Crippen molar-refractivity contribution in [1.29, 1.82) is 0 Å². The average molecular weight is 448 g/mol. The van der Waals surface area contributed by atoms with Crippen LogP contribution >= 0.6 is 0 Å². The van der Waals surface area contributed by atoms with E-state index in [0.717, 1.165) is 21.2 Å². The van der Waals surface area contributed by atoms with Gasteiger partial charge in [0, 0.05) is 22.5 Å². The number of hydrogen-bond donors (Lipinski definition) is 0. The van der Waals surface area contributed by atoms with Gasteiger partial charge in [0.1, 0.15) is 0 Å². The first kappa shape index (κ1) is 23.4. The van der Waals surface area contributed by atoms with E-state index in [-0.39, 0.29) is 23.7 Å². The predicted molar refractivity (Wildman–Crippen MR) is 109 cm³/mol. The third-order valence-electron chi connectivity index (χ3n) is 5.41. The number of carbonyl (C=O) groups is 2. The molecule has 0 spiro atoms. The van der Waals surface area contributed by atoms with Crippen LogP contribution in [0.2, 0.25) is 0 Å². The SMILES string of the molecule is Cc1cc(C)c(C(=O)[C@H](C)OC(=O)Cc2c(C)nc3nc(C(F)(F)F)nn3c2C)cc1C. The third-order valence-corrected chi connectivity index (χ3v) is 5.41. The predicted octanol–water partition coefficient (Wildman–Crippen LogP) is 4.04. The molecule has 32 heavy (non-hydrogen) atoms. The molecular formula is C22H23F3N4O3. The lowest BCUT2D eigenvalue weighted by atomic mass is 9.96. The van der Waals surface area contributed by atoms with Gasteiger partial charge in [-0.1, -0.05) is 6.07 Å². The van der Waals surface area contributed by atoms with Crippen molar-refractivity contribution in [2.45, 2.75) is 60.2 Å². The fourth-order valence-corrected chi connectivity index (χ4v) is 3.47. The van der Waals surface area contributed by atoms with Gasteiger partial charge in [0.05, 0.1) is 6.42 Å². The Morgan fingerprint density at radius 1 is 1.03 bits per heavy atom. The number of ether oxygens (including phenoxy) is 1. The Morgan fingerprint density at radius 3 is 2.28 bits per heavy atom. The molecule has 3 rings (SSSR count). The smallest absolute Gasteiger partial charge is 0.453 e. The maximum atomic E-state index is 12.9. The molecule has 2 heterocycles. The summed E-state index contributed by atoms with van der Waals surface area (Å²) in [5.74, 6) is -2.55. The number of rotatable bonds is 5. The fourth-order valence-electron chi connectivity index (χ4n) is 3.47. The summed E-state index contributed by atoms with van der Waals surface area (Å²) in [5, 5.41) is 3.46. The summed E-state index contributed by atoms with van der Waals surface area (Å²) >= 11 is 0. The van der Waals surface area contributed by atoms with E-state index >= 15 is 0 Å². The van der Waals surface area contributed by atoms with Crippen molar-refractivity contribution in [3.05, 3.63) is 57.2 Å². The zero-order valence-corrected chi connectivity index (χ0v) is 18.6. The van der Waals surface area contributed by atoms with Gasteiger partial charge in [-0.2, -0.15) is 18.2 Å². The van der Waals surface area contributed by atoms with E-state index < -0.39 is 24.1 Å². The number of hydrogen-bond acceptors (Lipinski definition) is 6. The summed E-state index contributed by atoms with van der Waals surface area (Å²) in [6.07, 6.45) is -6.01. The molecule has 0 N–H and O–H groups in total. The van der Waals surface area contributed by atoms with Crippen LogP contribution in [0.1, 0.15) is 56.7 Å². The van der Waals surface area contributed by atoms with Gasteiger partial charge in [-0.3, -0.25) is 9.59 Å². The van der Waals surface area contributed by atoms with Gasteiger partial charge in [-0.05, 0) is 64.3 Å². The van der Waals surface area contributed by atoms with Gasteiger partial charge in [0.25, 0.3) is 11.6 Å². The molecule has 0 bridgehead atoms. The minimum absolute atomic E-state index is 0.210. The highest BCUT2D eigenvalue weighted by atomic mass is 19.4. The molecule has 0 radical (unpaired) electrons. The molecule has 2 aromatic heterocycles. The fraction of sp³-hybridized carbons (Fsp3) is 0.409. The number of esters is 1. The van der Waals surface area contributed by atoms with Crippen molar-refractivity contribution in [3.8, 4) is 0 Å². The molecular weight excluding hydrogens is 425 g/mol. The summed E-state index contributed by atoms with van der Waals surface area (Å²) in [6.45, 7) is 10.2. The Kier molecular flexibility index (Phi) is 6.08. The first-order chi connectivity index (χ1) is 14.8. The topological polar surface area (TPSA) is 86.5 Å². The van der Waals surface area contributed by atoms with E-state index in [2.05, 4.69) is 15.1 Å². The summed E-state index contributed by atoms with van der Waals surface area (Å²) in [6, 6.07) is 3.67. The molecule has 0 amide bonds. The van der Waals surface area contributed by atoms with Crippen LogP contribution in [0.4, 0.5) is 13.2 Å². The molecule has 170 valence electrons. The van der Waals surface area contributed by atoms with E-state index in [4.69, 9.17) is 4.74 Å². The summed E-state index contributed by atoms with van der Waals surface area (Å²) in [7, 11) is 0. The molecule has 0 aliphatic heterocycles. The van der Waals surface area contributed by atoms with E-state index in [0.29, 0.717) is 16.8 Å². The van der Waals surface area contributed by atoms with Crippen LogP contribution in [-0.4, -0.2) is 37.4 Å². The number of aromatic nitrogens is 4. The Balaban J connectivity index is 1.81. The summed E-state index contributed by atoms with van der Waals surface area (Å²) in [5.41, 5.74) is 4.25. The molecule has 10 heteroatoms. The van der Waals surface area contributed by atoms with Gasteiger partial charge < -0.3 is 4.74 Å². The van der Waals surface area contributed by atoms with E-state index in [1.165, 1.54) is 13.8 Å².